The lowest BCUT2D eigenvalue weighted by molar-refractivity contribution is -0.275. The van der Waals surface area contributed by atoms with E-state index in [4.69, 9.17) is 0 Å². The van der Waals surface area contributed by atoms with Crippen molar-refractivity contribution in [1.82, 2.24) is 4.90 Å². The van der Waals surface area contributed by atoms with Gasteiger partial charge in [0.2, 0.25) is 0 Å². The number of nitrogens with zero attached hydrogens (tertiary/aromatic N) is 1. The maximum absolute atomic E-state index is 12.8. The Hall–Kier alpha value is -0.320. The van der Waals surface area contributed by atoms with Gasteiger partial charge in [-0.05, 0) is 19.9 Å². The first-order chi connectivity index (χ1) is 7.38. The average molecular weight is 245 g/mol. The van der Waals surface area contributed by atoms with Crippen molar-refractivity contribution in [2.24, 2.45) is 0 Å². The average Bonchev–Trinajstić information content (AvgIpc) is 2.36. The van der Waals surface area contributed by atoms with Gasteiger partial charge in [-0.25, -0.2) is 4.90 Å². The van der Waals surface area contributed by atoms with E-state index in [0.717, 1.165) is 7.05 Å². The fourth-order valence-electron chi connectivity index (χ4n) is 1.27. The van der Waals surface area contributed by atoms with E-state index in [9.17, 15) is 17.6 Å². The molecule has 5 heteroatoms. The summed E-state index contributed by atoms with van der Waals surface area (Å²) in [5, 5.41) is 0. The molecule has 0 atom stereocenters. The molecule has 1 saturated heterocycles. The van der Waals surface area contributed by atoms with E-state index in [1.807, 2.05) is 27.7 Å². The van der Waals surface area contributed by atoms with Crippen molar-refractivity contribution in [3.63, 3.8) is 0 Å². The third-order valence-electron chi connectivity index (χ3n) is 2.15. The SMILES string of the molecule is CC.CC.CN1CCCCC(F)(F)C1(F)F. The molecule has 0 aromatic rings. The third kappa shape index (κ3) is 4.28. The molecule has 0 N–H and O–H groups in total. The first-order valence-corrected chi connectivity index (χ1v) is 5.85. The second-order valence-electron chi connectivity index (χ2n) is 3.12. The third-order valence-corrected chi connectivity index (χ3v) is 2.15. The fourth-order valence-corrected chi connectivity index (χ4v) is 1.27. The molecular formula is C11H23F4N. The van der Waals surface area contributed by atoms with E-state index < -0.39 is 18.4 Å². The van der Waals surface area contributed by atoms with Gasteiger partial charge in [-0.15, -0.1) is 0 Å². The molecule has 1 aliphatic heterocycles. The Kier molecular flexibility index (Phi) is 8.88. The summed E-state index contributed by atoms with van der Waals surface area (Å²) in [5.41, 5.74) is 0. The highest BCUT2D eigenvalue weighted by Gasteiger charge is 2.59. The second-order valence-corrected chi connectivity index (χ2v) is 3.12. The van der Waals surface area contributed by atoms with Gasteiger partial charge >= 0.3 is 12.0 Å². The first kappa shape index (κ1) is 18.1. The van der Waals surface area contributed by atoms with Crippen LogP contribution >= 0.6 is 0 Å². The standard InChI is InChI=1S/C7H11F4N.2C2H6/c1-12-5-3-2-4-6(8,9)7(12,10)11;2*1-2/h2-5H2,1H3;2*1-2H3. The van der Waals surface area contributed by atoms with Gasteiger partial charge in [0.1, 0.15) is 0 Å². The number of halogens is 4. The highest BCUT2D eigenvalue weighted by Crippen LogP contribution is 2.41. The normalized spacial score (nSPS) is 23.1. The lowest BCUT2D eigenvalue weighted by Crippen LogP contribution is -2.51. The summed E-state index contributed by atoms with van der Waals surface area (Å²) in [4.78, 5) is 0.431. The molecule has 0 bridgehead atoms. The van der Waals surface area contributed by atoms with Gasteiger partial charge in [-0.3, -0.25) is 0 Å². The molecule has 1 nitrogen and oxygen atoms in total. The minimum atomic E-state index is -3.98. The van der Waals surface area contributed by atoms with Gasteiger partial charge in [0.05, 0.1) is 0 Å². The molecular weight excluding hydrogens is 222 g/mol. The van der Waals surface area contributed by atoms with E-state index in [1.54, 1.807) is 0 Å². The molecule has 16 heavy (non-hydrogen) atoms. The summed E-state index contributed by atoms with van der Waals surface area (Å²) in [6.45, 7) is 8.03. The topological polar surface area (TPSA) is 3.24 Å². The van der Waals surface area contributed by atoms with Crippen LogP contribution < -0.4 is 0 Å². The van der Waals surface area contributed by atoms with Crippen LogP contribution in [0.4, 0.5) is 17.6 Å². The van der Waals surface area contributed by atoms with Crippen LogP contribution in [0.2, 0.25) is 0 Å². The molecule has 1 rings (SSSR count). The first-order valence-electron chi connectivity index (χ1n) is 5.85. The van der Waals surface area contributed by atoms with E-state index in [-0.39, 0.29) is 13.0 Å². The monoisotopic (exact) mass is 245 g/mol. The van der Waals surface area contributed by atoms with Gasteiger partial charge < -0.3 is 0 Å². The minimum absolute atomic E-state index is 0.0303. The Bertz CT molecular complexity index is 171. The highest BCUT2D eigenvalue weighted by molar-refractivity contribution is 4.86. The zero-order valence-corrected chi connectivity index (χ0v) is 10.8. The van der Waals surface area contributed by atoms with Gasteiger partial charge in [-0.2, -0.15) is 17.6 Å². The van der Waals surface area contributed by atoms with Crippen LogP contribution in [0.3, 0.4) is 0 Å². The van der Waals surface area contributed by atoms with Crippen LogP contribution in [0.25, 0.3) is 0 Å². The number of hydrogen-bond donors (Lipinski definition) is 0. The van der Waals surface area contributed by atoms with Crippen molar-refractivity contribution in [3.8, 4) is 0 Å². The molecule has 0 saturated carbocycles. The van der Waals surface area contributed by atoms with E-state index in [0.29, 0.717) is 11.3 Å². The largest absolute Gasteiger partial charge is 0.367 e. The van der Waals surface area contributed by atoms with E-state index >= 15 is 0 Å². The zero-order valence-electron chi connectivity index (χ0n) is 10.8. The molecule has 0 aromatic heterocycles. The van der Waals surface area contributed by atoms with Crippen molar-refractivity contribution in [3.05, 3.63) is 0 Å². The smallest absolute Gasteiger partial charge is 0.242 e. The number of alkyl halides is 4. The zero-order chi connectivity index (χ0) is 13.4. The van der Waals surface area contributed by atoms with Crippen LogP contribution in [0, 0.1) is 0 Å². The van der Waals surface area contributed by atoms with E-state index in [1.165, 1.54) is 0 Å². The second kappa shape index (κ2) is 7.87. The van der Waals surface area contributed by atoms with Crippen LogP contribution in [0.15, 0.2) is 0 Å². The molecule has 0 aromatic carbocycles. The lowest BCUT2D eigenvalue weighted by atomic mass is 10.1. The summed E-state index contributed by atoms with van der Waals surface area (Å²) >= 11 is 0. The molecule has 100 valence electrons. The van der Waals surface area contributed by atoms with Gasteiger partial charge in [-0.1, -0.05) is 27.7 Å². The predicted octanol–water partition coefficient (Wildman–Crippen LogP) is 4.38. The van der Waals surface area contributed by atoms with Crippen LogP contribution in [0.1, 0.15) is 47.0 Å². The fraction of sp³-hybridized carbons (Fsp3) is 1.00. The Morgan fingerprint density at radius 3 is 1.75 bits per heavy atom. The van der Waals surface area contributed by atoms with Crippen molar-refractivity contribution in [1.29, 1.82) is 0 Å². The lowest BCUT2D eigenvalue weighted by Gasteiger charge is -2.30. The Labute approximate surface area is 95.8 Å². The number of likely N-dealkylation sites (tertiary alicyclic amines) is 1. The van der Waals surface area contributed by atoms with Crippen molar-refractivity contribution in [2.45, 2.75) is 58.9 Å². The number of rotatable bonds is 0. The van der Waals surface area contributed by atoms with Gasteiger partial charge in [0.25, 0.3) is 0 Å². The van der Waals surface area contributed by atoms with Crippen LogP contribution in [-0.2, 0) is 0 Å². The van der Waals surface area contributed by atoms with E-state index in [2.05, 4.69) is 0 Å². The Morgan fingerprint density at radius 2 is 1.31 bits per heavy atom. The van der Waals surface area contributed by atoms with Crippen molar-refractivity contribution >= 4 is 0 Å². The van der Waals surface area contributed by atoms with Crippen LogP contribution in [0.5, 0.6) is 0 Å². The molecule has 0 aliphatic carbocycles. The molecule has 1 fully saturated rings. The summed E-state index contributed by atoms with van der Waals surface area (Å²) in [6, 6.07) is -3.98. The summed E-state index contributed by atoms with van der Waals surface area (Å²) < 4.78 is 51.0. The van der Waals surface area contributed by atoms with Crippen molar-refractivity contribution in [2.75, 3.05) is 13.6 Å². The minimum Gasteiger partial charge on any atom is -0.242 e. The highest BCUT2D eigenvalue weighted by atomic mass is 19.3. The molecule has 0 amide bonds. The summed E-state index contributed by atoms with van der Waals surface area (Å²) in [7, 11) is 1.03. The molecule has 1 aliphatic rings. The molecule has 1 heterocycles. The predicted molar refractivity (Wildman–Crippen MR) is 59.1 cm³/mol. The molecule has 0 unspecified atom stereocenters. The van der Waals surface area contributed by atoms with Gasteiger partial charge in [0, 0.05) is 13.0 Å². The number of hydrogen-bond acceptors (Lipinski definition) is 1. The van der Waals surface area contributed by atoms with Gasteiger partial charge in [0.15, 0.2) is 0 Å². The Morgan fingerprint density at radius 1 is 0.875 bits per heavy atom. The summed E-state index contributed by atoms with van der Waals surface area (Å²) in [6.07, 6.45) is -0.154. The maximum atomic E-state index is 12.8. The maximum Gasteiger partial charge on any atom is 0.367 e. The summed E-state index contributed by atoms with van der Waals surface area (Å²) in [5.74, 6) is -3.88. The van der Waals surface area contributed by atoms with Crippen LogP contribution in [-0.4, -0.2) is 30.5 Å². The quantitative estimate of drug-likeness (QED) is 0.452. The Balaban J connectivity index is 0. The molecule has 0 spiro atoms. The van der Waals surface area contributed by atoms with Crippen molar-refractivity contribution < 1.29 is 17.6 Å². The molecule has 0 radical (unpaired) electrons.